The average Bonchev–Trinajstić information content (AvgIpc) is 2.36. The molecule has 0 fully saturated rings. The van der Waals surface area contributed by atoms with Crippen LogP contribution in [0.4, 0.5) is 4.39 Å². The van der Waals surface area contributed by atoms with Crippen LogP contribution in [0.5, 0.6) is 11.5 Å². The molecule has 94 valence electrons. The molecule has 0 saturated heterocycles. The minimum Gasteiger partial charge on any atom is -0.454 e. The first-order chi connectivity index (χ1) is 8.58. The molecule has 3 heteroatoms. The zero-order chi connectivity index (χ0) is 13.1. The van der Waals surface area contributed by atoms with Gasteiger partial charge in [0.2, 0.25) is 0 Å². The summed E-state index contributed by atoms with van der Waals surface area (Å²) < 4.78 is 19.3. The summed E-state index contributed by atoms with van der Waals surface area (Å²) in [6, 6.07) is 12.4. The second-order valence-electron chi connectivity index (χ2n) is 4.35. The standard InChI is InChI=1S/C15H16FNO/c1-10-4-3-5-14(15(10)16)18-13-8-6-12(7-9-13)11(2)17/h3-9,11H,17H2,1-2H3/t11-/m0/s1. The highest BCUT2D eigenvalue weighted by Gasteiger charge is 2.07. The van der Waals surface area contributed by atoms with Crippen LogP contribution < -0.4 is 10.5 Å². The fourth-order valence-corrected chi connectivity index (χ4v) is 1.67. The van der Waals surface area contributed by atoms with E-state index in [-0.39, 0.29) is 17.6 Å². The van der Waals surface area contributed by atoms with Crippen molar-refractivity contribution < 1.29 is 9.13 Å². The van der Waals surface area contributed by atoms with Crippen LogP contribution in [-0.2, 0) is 0 Å². The third kappa shape index (κ3) is 2.68. The summed E-state index contributed by atoms with van der Waals surface area (Å²) in [4.78, 5) is 0. The second kappa shape index (κ2) is 5.19. The van der Waals surface area contributed by atoms with Crippen molar-refractivity contribution in [3.05, 3.63) is 59.4 Å². The van der Waals surface area contributed by atoms with Crippen molar-refractivity contribution in [3.63, 3.8) is 0 Å². The summed E-state index contributed by atoms with van der Waals surface area (Å²) in [6.07, 6.45) is 0. The van der Waals surface area contributed by atoms with Gasteiger partial charge in [-0.2, -0.15) is 0 Å². The minimum atomic E-state index is -0.325. The first-order valence-electron chi connectivity index (χ1n) is 5.86. The molecule has 2 rings (SSSR count). The Morgan fingerprint density at radius 3 is 2.39 bits per heavy atom. The van der Waals surface area contributed by atoms with Crippen molar-refractivity contribution in [2.45, 2.75) is 19.9 Å². The van der Waals surface area contributed by atoms with Gasteiger partial charge in [-0.25, -0.2) is 4.39 Å². The van der Waals surface area contributed by atoms with Gasteiger partial charge in [-0.1, -0.05) is 24.3 Å². The summed E-state index contributed by atoms with van der Waals surface area (Å²) in [5.41, 5.74) is 7.35. The van der Waals surface area contributed by atoms with E-state index >= 15 is 0 Å². The van der Waals surface area contributed by atoms with Crippen molar-refractivity contribution in [1.29, 1.82) is 0 Å². The van der Waals surface area contributed by atoms with Crippen LogP contribution >= 0.6 is 0 Å². The molecule has 0 aliphatic rings. The lowest BCUT2D eigenvalue weighted by atomic mass is 10.1. The number of ether oxygens (including phenoxy) is 1. The minimum absolute atomic E-state index is 0.0187. The van der Waals surface area contributed by atoms with E-state index in [2.05, 4.69) is 0 Å². The monoisotopic (exact) mass is 245 g/mol. The third-order valence-corrected chi connectivity index (χ3v) is 2.79. The van der Waals surface area contributed by atoms with E-state index < -0.39 is 0 Å². The highest BCUT2D eigenvalue weighted by Crippen LogP contribution is 2.26. The predicted octanol–water partition coefficient (Wildman–Crippen LogP) is 3.95. The molecule has 2 aromatic carbocycles. The molecule has 2 N–H and O–H groups in total. The lowest BCUT2D eigenvalue weighted by molar-refractivity contribution is 0.440. The zero-order valence-corrected chi connectivity index (χ0v) is 10.5. The number of nitrogens with two attached hydrogens (primary N) is 1. The molecular formula is C15H16FNO. The van der Waals surface area contributed by atoms with Gasteiger partial charge in [0.05, 0.1) is 0 Å². The Morgan fingerprint density at radius 2 is 1.78 bits per heavy atom. The zero-order valence-electron chi connectivity index (χ0n) is 10.5. The molecule has 18 heavy (non-hydrogen) atoms. The van der Waals surface area contributed by atoms with E-state index in [1.807, 2.05) is 19.1 Å². The first kappa shape index (κ1) is 12.6. The van der Waals surface area contributed by atoms with E-state index in [4.69, 9.17) is 10.5 Å². The number of hydrogen-bond donors (Lipinski definition) is 1. The molecular weight excluding hydrogens is 229 g/mol. The SMILES string of the molecule is Cc1cccc(Oc2ccc([C@H](C)N)cc2)c1F. The molecule has 0 bridgehead atoms. The van der Waals surface area contributed by atoms with Gasteiger partial charge >= 0.3 is 0 Å². The third-order valence-electron chi connectivity index (χ3n) is 2.79. The maximum atomic E-state index is 13.7. The van der Waals surface area contributed by atoms with E-state index in [1.54, 1.807) is 37.3 Å². The lowest BCUT2D eigenvalue weighted by Gasteiger charge is -2.10. The van der Waals surface area contributed by atoms with Gasteiger partial charge in [0.15, 0.2) is 11.6 Å². The van der Waals surface area contributed by atoms with Crippen LogP contribution in [0.15, 0.2) is 42.5 Å². The van der Waals surface area contributed by atoms with Gasteiger partial charge in [-0.15, -0.1) is 0 Å². The lowest BCUT2D eigenvalue weighted by Crippen LogP contribution is -2.04. The molecule has 2 nitrogen and oxygen atoms in total. The topological polar surface area (TPSA) is 35.2 Å². The van der Waals surface area contributed by atoms with Crippen LogP contribution in [-0.4, -0.2) is 0 Å². The maximum Gasteiger partial charge on any atom is 0.168 e. The van der Waals surface area contributed by atoms with Gasteiger partial charge in [0.25, 0.3) is 0 Å². The van der Waals surface area contributed by atoms with Crippen molar-refractivity contribution in [3.8, 4) is 11.5 Å². The number of benzene rings is 2. The number of aryl methyl sites for hydroxylation is 1. The van der Waals surface area contributed by atoms with Gasteiger partial charge in [-0.05, 0) is 43.2 Å². The first-order valence-corrected chi connectivity index (χ1v) is 5.86. The van der Waals surface area contributed by atoms with Crippen molar-refractivity contribution in [1.82, 2.24) is 0 Å². The predicted molar refractivity (Wildman–Crippen MR) is 70.3 cm³/mol. The Labute approximate surface area is 106 Å². The quantitative estimate of drug-likeness (QED) is 0.888. The molecule has 0 aliphatic heterocycles. The van der Waals surface area contributed by atoms with Crippen molar-refractivity contribution >= 4 is 0 Å². The van der Waals surface area contributed by atoms with E-state index in [9.17, 15) is 4.39 Å². The summed E-state index contributed by atoms with van der Waals surface area (Å²) in [5, 5.41) is 0. The molecule has 0 radical (unpaired) electrons. The highest BCUT2D eigenvalue weighted by atomic mass is 19.1. The van der Waals surface area contributed by atoms with Crippen molar-refractivity contribution in [2.75, 3.05) is 0 Å². The molecule has 2 aromatic rings. The molecule has 0 heterocycles. The summed E-state index contributed by atoms with van der Waals surface area (Å²) in [7, 11) is 0. The number of hydrogen-bond acceptors (Lipinski definition) is 2. The Kier molecular flexibility index (Phi) is 3.63. The number of halogens is 1. The number of rotatable bonds is 3. The Bertz CT molecular complexity index is 535. The molecule has 1 atom stereocenters. The molecule has 0 aromatic heterocycles. The molecule has 0 unspecified atom stereocenters. The van der Waals surface area contributed by atoms with Gasteiger partial charge in [-0.3, -0.25) is 0 Å². The summed E-state index contributed by atoms with van der Waals surface area (Å²) >= 11 is 0. The van der Waals surface area contributed by atoms with Crippen LogP contribution in [0.1, 0.15) is 24.1 Å². The van der Waals surface area contributed by atoms with Crippen LogP contribution in [0.3, 0.4) is 0 Å². The van der Waals surface area contributed by atoms with Gasteiger partial charge < -0.3 is 10.5 Å². The smallest absolute Gasteiger partial charge is 0.168 e. The van der Waals surface area contributed by atoms with E-state index in [1.165, 1.54) is 0 Å². The maximum absolute atomic E-state index is 13.7. The van der Waals surface area contributed by atoms with Crippen molar-refractivity contribution in [2.24, 2.45) is 5.73 Å². The average molecular weight is 245 g/mol. The van der Waals surface area contributed by atoms with E-state index in [0.717, 1.165) is 5.56 Å². The molecule has 0 amide bonds. The van der Waals surface area contributed by atoms with Gasteiger partial charge in [0, 0.05) is 6.04 Å². The fraction of sp³-hybridized carbons (Fsp3) is 0.200. The fourth-order valence-electron chi connectivity index (χ4n) is 1.67. The van der Waals surface area contributed by atoms with Gasteiger partial charge in [0.1, 0.15) is 5.75 Å². The molecule has 0 aliphatic carbocycles. The summed E-state index contributed by atoms with van der Waals surface area (Å²) in [6.45, 7) is 3.62. The Balaban J connectivity index is 2.21. The van der Waals surface area contributed by atoms with Crippen LogP contribution in [0, 0.1) is 12.7 Å². The van der Waals surface area contributed by atoms with E-state index in [0.29, 0.717) is 11.3 Å². The van der Waals surface area contributed by atoms with Crippen LogP contribution in [0.2, 0.25) is 0 Å². The molecule has 0 spiro atoms. The Morgan fingerprint density at radius 1 is 1.11 bits per heavy atom. The molecule has 0 saturated carbocycles. The largest absolute Gasteiger partial charge is 0.454 e. The second-order valence-corrected chi connectivity index (χ2v) is 4.35. The van der Waals surface area contributed by atoms with Crippen LogP contribution in [0.25, 0.3) is 0 Å². The summed E-state index contributed by atoms with van der Waals surface area (Å²) in [5.74, 6) is 0.515. The highest BCUT2D eigenvalue weighted by molar-refractivity contribution is 5.36. The normalized spacial score (nSPS) is 12.2. The Hall–Kier alpha value is -1.87.